The molecule has 98 valence electrons. The van der Waals surface area contributed by atoms with Gasteiger partial charge in [0.25, 0.3) is 5.91 Å². The number of aromatic hydroxyl groups is 1. The minimum Gasteiger partial charge on any atom is -0.506 e. The van der Waals surface area contributed by atoms with E-state index in [4.69, 9.17) is 5.73 Å². The number of benzene rings is 1. The molecule has 1 aromatic rings. The third kappa shape index (κ3) is 2.42. The fourth-order valence-electron chi connectivity index (χ4n) is 2.41. The number of rotatable bonds is 1. The van der Waals surface area contributed by atoms with E-state index < -0.39 is 0 Å². The predicted molar refractivity (Wildman–Crippen MR) is 71.4 cm³/mol. The molecule has 0 aromatic heterocycles. The maximum Gasteiger partial charge on any atom is 0.254 e. The van der Waals surface area contributed by atoms with Crippen molar-refractivity contribution in [3.8, 4) is 5.75 Å². The molecule has 1 aliphatic heterocycles. The highest BCUT2D eigenvalue weighted by Gasteiger charge is 2.27. The van der Waals surface area contributed by atoms with Crippen LogP contribution in [-0.2, 0) is 0 Å². The Morgan fingerprint density at radius 1 is 1.39 bits per heavy atom. The van der Waals surface area contributed by atoms with Crippen molar-refractivity contribution in [1.82, 2.24) is 4.90 Å². The maximum absolute atomic E-state index is 12.4. The molecule has 1 heterocycles. The van der Waals surface area contributed by atoms with E-state index in [1.165, 1.54) is 6.07 Å². The van der Waals surface area contributed by atoms with Crippen LogP contribution in [0.5, 0.6) is 5.75 Å². The maximum atomic E-state index is 12.4. The average Bonchev–Trinajstić information content (AvgIpc) is 2.35. The smallest absolute Gasteiger partial charge is 0.254 e. The summed E-state index contributed by atoms with van der Waals surface area (Å²) in [4.78, 5) is 14.3. The van der Waals surface area contributed by atoms with Gasteiger partial charge in [-0.1, -0.05) is 6.92 Å². The van der Waals surface area contributed by atoms with Gasteiger partial charge in [0.1, 0.15) is 5.75 Å². The Hall–Kier alpha value is -1.71. The topological polar surface area (TPSA) is 66.6 Å². The van der Waals surface area contributed by atoms with Crippen molar-refractivity contribution in [2.45, 2.75) is 32.7 Å². The van der Waals surface area contributed by atoms with Crippen LogP contribution >= 0.6 is 0 Å². The molecule has 2 atom stereocenters. The van der Waals surface area contributed by atoms with E-state index in [9.17, 15) is 9.90 Å². The van der Waals surface area contributed by atoms with Crippen LogP contribution in [0.1, 0.15) is 37.0 Å². The van der Waals surface area contributed by atoms with Gasteiger partial charge >= 0.3 is 0 Å². The lowest BCUT2D eigenvalue weighted by Crippen LogP contribution is -2.44. The Labute approximate surface area is 107 Å². The number of phenols is 1. The first-order valence-electron chi connectivity index (χ1n) is 6.38. The van der Waals surface area contributed by atoms with Crippen molar-refractivity contribution in [3.05, 3.63) is 23.8 Å². The fraction of sp³-hybridized carbons (Fsp3) is 0.500. The van der Waals surface area contributed by atoms with Gasteiger partial charge in [0.15, 0.2) is 0 Å². The van der Waals surface area contributed by atoms with E-state index in [0.717, 1.165) is 19.4 Å². The molecular weight excluding hydrogens is 228 g/mol. The minimum absolute atomic E-state index is 0.0237. The Kier molecular flexibility index (Phi) is 3.45. The number of amides is 1. The van der Waals surface area contributed by atoms with E-state index in [2.05, 4.69) is 13.8 Å². The van der Waals surface area contributed by atoms with Gasteiger partial charge in [-0.3, -0.25) is 4.79 Å². The summed E-state index contributed by atoms with van der Waals surface area (Å²) < 4.78 is 0. The van der Waals surface area contributed by atoms with Crippen molar-refractivity contribution >= 4 is 11.6 Å². The van der Waals surface area contributed by atoms with E-state index in [1.54, 1.807) is 12.1 Å². The second kappa shape index (κ2) is 4.88. The molecule has 18 heavy (non-hydrogen) atoms. The number of carbonyl (C=O) groups excluding carboxylic acids is 1. The first-order valence-corrected chi connectivity index (χ1v) is 6.38. The molecule has 2 unspecified atom stereocenters. The largest absolute Gasteiger partial charge is 0.506 e. The number of nitrogen functional groups attached to an aromatic ring is 1. The van der Waals surface area contributed by atoms with Crippen molar-refractivity contribution in [2.24, 2.45) is 5.92 Å². The third-order valence-electron chi connectivity index (χ3n) is 3.66. The van der Waals surface area contributed by atoms with Crippen LogP contribution in [0.25, 0.3) is 0 Å². The normalized spacial score (nSPS) is 24.0. The van der Waals surface area contributed by atoms with Crippen LogP contribution in [0.4, 0.5) is 5.69 Å². The Morgan fingerprint density at radius 2 is 2.11 bits per heavy atom. The van der Waals surface area contributed by atoms with E-state index in [0.29, 0.717) is 17.2 Å². The number of hydrogen-bond acceptors (Lipinski definition) is 3. The van der Waals surface area contributed by atoms with Crippen molar-refractivity contribution in [1.29, 1.82) is 0 Å². The molecule has 0 saturated carbocycles. The van der Waals surface area contributed by atoms with Crippen molar-refractivity contribution in [3.63, 3.8) is 0 Å². The van der Waals surface area contributed by atoms with Gasteiger partial charge in [-0.2, -0.15) is 0 Å². The average molecular weight is 248 g/mol. The Morgan fingerprint density at radius 3 is 2.78 bits per heavy atom. The summed E-state index contributed by atoms with van der Waals surface area (Å²) in [5.41, 5.74) is 6.34. The molecular formula is C14H20N2O2. The second-order valence-corrected chi connectivity index (χ2v) is 5.26. The van der Waals surface area contributed by atoms with Crippen LogP contribution in [0.3, 0.4) is 0 Å². The van der Waals surface area contributed by atoms with E-state index in [1.807, 2.05) is 4.90 Å². The number of hydrogen-bond donors (Lipinski definition) is 2. The number of anilines is 1. The van der Waals surface area contributed by atoms with Gasteiger partial charge in [0.05, 0.1) is 5.69 Å². The lowest BCUT2D eigenvalue weighted by atomic mass is 9.94. The molecule has 4 heteroatoms. The second-order valence-electron chi connectivity index (χ2n) is 5.26. The van der Waals surface area contributed by atoms with Crippen LogP contribution in [0.2, 0.25) is 0 Å². The number of carbonyl (C=O) groups is 1. The number of nitrogens with two attached hydrogens (primary N) is 1. The lowest BCUT2D eigenvalue weighted by molar-refractivity contribution is 0.0573. The molecule has 1 aromatic carbocycles. The molecule has 2 rings (SSSR count). The SMILES string of the molecule is CC1CCC(C)N(C(=O)c2ccc(N)c(O)c2)C1. The quantitative estimate of drug-likeness (QED) is 0.591. The first kappa shape index (κ1) is 12.7. The molecule has 0 bridgehead atoms. The zero-order valence-electron chi connectivity index (χ0n) is 10.9. The van der Waals surface area contributed by atoms with E-state index in [-0.39, 0.29) is 17.7 Å². The highest BCUT2D eigenvalue weighted by atomic mass is 16.3. The van der Waals surface area contributed by atoms with Crippen LogP contribution in [0, 0.1) is 5.92 Å². The van der Waals surface area contributed by atoms with E-state index >= 15 is 0 Å². The third-order valence-corrected chi connectivity index (χ3v) is 3.66. The van der Waals surface area contributed by atoms with Crippen LogP contribution < -0.4 is 5.73 Å². The molecule has 1 fully saturated rings. The zero-order valence-corrected chi connectivity index (χ0v) is 10.9. The van der Waals surface area contributed by atoms with Crippen LogP contribution in [-0.4, -0.2) is 28.5 Å². The highest BCUT2D eigenvalue weighted by molar-refractivity contribution is 5.95. The van der Waals surface area contributed by atoms with Gasteiger partial charge in [-0.05, 0) is 43.9 Å². The molecule has 3 N–H and O–H groups in total. The zero-order chi connectivity index (χ0) is 13.3. The summed E-state index contributed by atoms with van der Waals surface area (Å²) in [7, 11) is 0. The van der Waals surface area contributed by atoms with Crippen molar-refractivity contribution < 1.29 is 9.90 Å². The molecule has 0 radical (unpaired) electrons. The molecule has 1 saturated heterocycles. The fourth-order valence-corrected chi connectivity index (χ4v) is 2.41. The standard InChI is InChI=1S/C14H20N2O2/c1-9-3-4-10(2)16(8-9)14(18)11-5-6-12(15)13(17)7-11/h5-7,9-10,17H,3-4,8,15H2,1-2H3. The lowest BCUT2D eigenvalue weighted by Gasteiger charge is -2.36. The molecule has 4 nitrogen and oxygen atoms in total. The first-order chi connectivity index (χ1) is 8.49. The number of phenolic OH excluding ortho intramolecular Hbond substituents is 1. The van der Waals surface area contributed by atoms with Gasteiger partial charge < -0.3 is 15.7 Å². The summed E-state index contributed by atoms with van der Waals surface area (Å²) in [6.07, 6.45) is 2.20. The molecule has 1 aliphatic rings. The Bertz CT molecular complexity index is 459. The Balaban J connectivity index is 2.21. The summed E-state index contributed by atoms with van der Waals surface area (Å²) >= 11 is 0. The van der Waals surface area contributed by atoms with Crippen molar-refractivity contribution in [2.75, 3.05) is 12.3 Å². The number of nitrogens with zero attached hydrogens (tertiary/aromatic N) is 1. The van der Waals surface area contributed by atoms with Gasteiger partial charge in [0.2, 0.25) is 0 Å². The summed E-state index contributed by atoms with van der Waals surface area (Å²) in [5, 5.41) is 9.57. The molecule has 1 amide bonds. The van der Waals surface area contributed by atoms with Gasteiger partial charge in [0, 0.05) is 18.2 Å². The highest BCUT2D eigenvalue weighted by Crippen LogP contribution is 2.26. The monoisotopic (exact) mass is 248 g/mol. The molecule has 0 aliphatic carbocycles. The van der Waals surface area contributed by atoms with Crippen LogP contribution in [0.15, 0.2) is 18.2 Å². The summed E-state index contributed by atoms with van der Waals surface area (Å²) in [6.45, 7) is 5.01. The summed E-state index contributed by atoms with van der Waals surface area (Å²) in [5.74, 6) is 0.482. The minimum atomic E-state index is -0.0291. The van der Waals surface area contributed by atoms with Gasteiger partial charge in [-0.15, -0.1) is 0 Å². The number of piperidine rings is 1. The van der Waals surface area contributed by atoms with Gasteiger partial charge in [-0.25, -0.2) is 0 Å². The molecule has 0 spiro atoms. The number of likely N-dealkylation sites (tertiary alicyclic amines) is 1. The summed E-state index contributed by atoms with van der Waals surface area (Å²) in [6, 6.07) is 4.95. The predicted octanol–water partition coefficient (Wildman–Crippen LogP) is 2.24.